The molecule has 0 aromatic heterocycles. The van der Waals surface area contributed by atoms with Gasteiger partial charge in [0.25, 0.3) is 0 Å². The van der Waals surface area contributed by atoms with Gasteiger partial charge in [-0.3, -0.25) is 9.59 Å². The maximum Gasteiger partial charge on any atom is 0.219 e. The number of Topliss-reactive ketones (excluding diaryl/α,β-unsaturated/α-hetero) is 1. The van der Waals surface area contributed by atoms with Crippen LogP contribution in [0.5, 0.6) is 0 Å². The largest absolute Gasteiger partial charge is 0.340 e. The molecule has 13 heavy (non-hydrogen) atoms. The third-order valence-corrected chi connectivity index (χ3v) is 2.91. The summed E-state index contributed by atoms with van der Waals surface area (Å²) in [5, 5.41) is 0. The number of carbonyl (C=O) groups is 2. The molecule has 1 saturated heterocycles. The molecule has 74 valence electrons. The summed E-state index contributed by atoms with van der Waals surface area (Å²) in [6, 6.07) is 0.0868. The lowest BCUT2D eigenvalue weighted by Gasteiger charge is -2.37. The van der Waals surface area contributed by atoms with Crippen LogP contribution in [-0.2, 0) is 9.59 Å². The molecule has 1 aliphatic heterocycles. The molecule has 0 spiro atoms. The van der Waals surface area contributed by atoms with Crippen molar-refractivity contribution >= 4 is 11.7 Å². The van der Waals surface area contributed by atoms with Crippen LogP contribution in [0.25, 0.3) is 0 Å². The lowest BCUT2D eigenvalue weighted by Crippen LogP contribution is -2.47. The van der Waals surface area contributed by atoms with Crippen LogP contribution in [0.2, 0.25) is 0 Å². The van der Waals surface area contributed by atoms with Crippen molar-refractivity contribution in [3.63, 3.8) is 0 Å². The SMILES string of the molecule is CC(=O)[C@H]1CCCN(C(C)=O)[C@H]1C. The molecule has 1 heterocycles. The van der Waals surface area contributed by atoms with Crippen molar-refractivity contribution in [1.29, 1.82) is 0 Å². The van der Waals surface area contributed by atoms with Gasteiger partial charge in [0.2, 0.25) is 5.91 Å². The van der Waals surface area contributed by atoms with E-state index in [9.17, 15) is 9.59 Å². The molecule has 0 aromatic carbocycles. The second-order valence-corrected chi connectivity index (χ2v) is 3.81. The first-order valence-electron chi connectivity index (χ1n) is 4.81. The molecule has 0 radical (unpaired) electrons. The molecule has 1 rings (SSSR count). The van der Waals surface area contributed by atoms with E-state index in [1.165, 1.54) is 0 Å². The molecule has 0 aliphatic carbocycles. The van der Waals surface area contributed by atoms with Crippen LogP contribution >= 0.6 is 0 Å². The van der Waals surface area contributed by atoms with E-state index in [2.05, 4.69) is 0 Å². The van der Waals surface area contributed by atoms with Gasteiger partial charge in [-0.25, -0.2) is 0 Å². The first-order valence-corrected chi connectivity index (χ1v) is 4.81. The topological polar surface area (TPSA) is 37.4 Å². The molecular formula is C10H17NO2. The molecule has 1 fully saturated rings. The summed E-state index contributed by atoms with van der Waals surface area (Å²) in [6.07, 6.45) is 1.88. The van der Waals surface area contributed by atoms with Gasteiger partial charge in [-0.2, -0.15) is 0 Å². The van der Waals surface area contributed by atoms with Crippen LogP contribution in [0.15, 0.2) is 0 Å². The first kappa shape index (κ1) is 10.2. The van der Waals surface area contributed by atoms with Gasteiger partial charge in [-0.15, -0.1) is 0 Å². The van der Waals surface area contributed by atoms with Crippen LogP contribution < -0.4 is 0 Å². The van der Waals surface area contributed by atoms with Crippen LogP contribution in [-0.4, -0.2) is 29.2 Å². The molecule has 0 saturated carbocycles. The van der Waals surface area contributed by atoms with Crippen LogP contribution in [0.3, 0.4) is 0 Å². The minimum Gasteiger partial charge on any atom is -0.340 e. The van der Waals surface area contributed by atoms with Gasteiger partial charge < -0.3 is 4.90 Å². The Kier molecular flexibility index (Phi) is 3.07. The van der Waals surface area contributed by atoms with E-state index >= 15 is 0 Å². The van der Waals surface area contributed by atoms with E-state index in [1.807, 2.05) is 6.92 Å². The number of hydrogen-bond acceptors (Lipinski definition) is 2. The van der Waals surface area contributed by atoms with Crippen molar-refractivity contribution in [2.45, 2.75) is 39.7 Å². The van der Waals surface area contributed by atoms with E-state index in [1.54, 1.807) is 18.7 Å². The summed E-state index contributed by atoms with van der Waals surface area (Å²) < 4.78 is 0. The van der Waals surface area contributed by atoms with E-state index in [0.717, 1.165) is 19.4 Å². The average molecular weight is 183 g/mol. The summed E-state index contributed by atoms with van der Waals surface area (Å²) in [6.45, 7) is 5.96. The number of piperidine rings is 1. The number of hydrogen-bond donors (Lipinski definition) is 0. The van der Waals surface area contributed by atoms with Crippen molar-refractivity contribution in [3.8, 4) is 0 Å². The molecule has 0 aromatic rings. The smallest absolute Gasteiger partial charge is 0.219 e. The van der Waals surface area contributed by atoms with E-state index < -0.39 is 0 Å². The van der Waals surface area contributed by atoms with Gasteiger partial charge in [0.05, 0.1) is 0 Å². The predicted octanol–water partition coefficient (Wildman–Crippen LogP) is 1.22. The van der Waals surface area contributed by atoms with Crippen molar-refractivity contribution in [2.75, 3.05) is 6.54 Å². The molecule has 2 atom stereocenters. The van der Waals surface area contributed by atoms with Crippen molar-refractivity contribution < 1.29 is 9.59 Å². The quantitative estimate of drug-likeness (QED) is 0.613. The standard InChI is InChI=1S/C10H17NO2/c1-7-10(8(2)12)5-4-6-11(7)9(3)13/h7,10H,4-6H2,1-3H3/t7-,10-/m0/s1. The number of amides is 1. The van der Waals surface area contributed by atoms with Gasteiger partial charge in [-0.05, 0) is 26.7 Å². The van der Waals surface area contributed by atoms with Crippen molar-refractivity contribution in [1.82, 2.24) is 4.90 Å². The fraction of sp³-hybridized carbons (Fsp3) is 0.800. The zero-order valence-electron chi connectivity index (χ0n) is 8.54. The molecule has 3 nitrogen and oxygen atoms in total. The maximum atomic E-state index is 11.2. The highest BCUT2D eigenvalue weighted by molar-refractivity contribution is 5.81. The molecule has 0 unspecified atom stereocenters. The number of nitrogens with zero attached hydrogens (tertiary/aromatic N) is 1. The Labute approximate surface area is 79.1 Å². The molecule has 1 amide bonds. The van der Waals surface area contributed by atoms with Crippen molar-refractivity contribution in [2.24, 2.45) is 5.92 Å². The molecule has 3 heteroatoms. The number of likely N-dealkylation sites (tertiary alicyclic amines) is 1. The molecular weight excluding hydrogens is 166 g/mol. The lowest BCUT2D eigenvalue weighted by atomic mass is 9.87. The molecule has 0 N–H and O–H groups in total. The van der Waals surface area contributed by atoms with Gasteiger partial charge in [-0.1, -0.05) is 0 Å². The monoisotopic (exact) mass is 183 g/mol. The third-order valence-electron chi connectivity index (χ3n) is 2.91. The van der Waals surface area contributed by atoms with Gasteiger partial charge in [0.1, 0.15) is 5.78 Å². The second-order valence-electron chi connectivity index (χ2n) is 3.81. The zero-order valence-corrected chi connectivity index (χ0v) is 8.54. The summed E-state index contributed by atoms with van der Waals surface area (Å²) in [4.78, 5) is 24.2. The van der Waals surface area contributed by atoms with Gasteiger partial charge >= 0.3 is 0 Å². The highest BCUT2D eigenvalue weighted by Crippen LogP contribution is 2.23. The fourth-order valence-electron chi connectivity index (χ4n) is 2.13. The second kappa shape index (κ2) is 3.90. The molecule has 1 aliphatic rings. The van der Waals surface area contributed by atoms with Crippen LogP contribution in [0.1, 0.15) is 33.6 Å². The Morgan fingerprint density at radius 3 is 2.38 bits per heavy atom. The summed E-state index contributed by atoms with van der Waals surface area (Å²) in [7, 11) is 0. The highest BCUT2D eigenvalue weighted by atomic mass is 16.2. The van der Waals surface area contributed by atoms with Crippen LogP contribution in [0.4, 0.5) is 0 Å². The fourth-order valence-corrected chi connectivity index (χ4v) is 2.13. The number of ketones is 1. The van der Waals surface area contributed by atoms with E-state index in [0.29, 0.717) is 0 Å². The Bertz CT molecular complexity index is 203. The maximum absolute atomic E-state index is 11.2. The predicted molar refractivity (Wildman–Crippen MR) is 50.3 cm³/mol. The van der Waals surface area contributed by atoms with Crippen LogP contribution in [0, 0.1) is 5.92 Å². The van der Waals surface area contributed by atoms with Gasteiger partial charge in [0, 0.05) is 25.4 Å². The normalized spacial score (nSPS) is 28.7. The minimum atomic E-state index is 0.0534. The zero-order chi connectivity index (χ0) is 10.0. The summed E-state index contributed by atoms with van der Waals surface area (Å²) in [5.41, 5.74) is 0. The van der Waals surface area contributed by atoms with E-state index in [-0.39, 0.29) is 23.7 Å². The van der Waals surface area contributed by atoms with Gasteiger partial charge in [0.15, 0.2) is 0 Å². The Hall–Kier alpha value is -0.860. The Morgan fingerprint density at radius 2 is 1.92 bits per heavy atom. The number of carbonyl (C=O) groups excluding carboxylic acids is 2. The highest BCUT2D eigenvalue weighted by Gasteiger charge is 2.31. The Balaban J connectivity index is 2.71. The Morgan fingerprint density at radius 1 is 1.31 bits per heavy atom. The summed E-state index contributed by atoms with van der Waals surface area (Å²) in [5.74, 6) is 0.342. The minimum absolute atomic E-state index is 0.0534. The van der Waals surface area contributed by atoms with E-state index in [4.69, 9.17) is 0 Å². The first-order chi connectivity index (χ1) is 6.04. The average Bonchev–Trinajstić information content (AvgIpc) is 2.03. The lowest BCUT2D eigenvalue weighted by molar-refractivity contribution is -0.136. The molecule has 0 bridgehead atoms. The number of rotatable bonds is 1. The third kappa shape index (κ3) is 2.08. The van der Waals surface area contributed by atoms with Crippen molar-refractivity contribution in [3.05, 3.63) is 0 Å². The summed E-state index contributed by atoms with van der Waals surface area (Å²) >= 11 is 0.